The van der Waals surface area contributed by atoms with Crippen molar-refractivity contribution in [3.05, 3.63) is 47.3 Å². The van der Waals surface area contributed by atoms with E-state index in [1.54, 1.807) is 0 Å². The van der Waals surface area contributed by atoms with E-state index in [-0.39, 0.29) is 5.91 Å². The van der Waals surface area contributed by atoms with E-state index in [4.69, 9.17) is 0 Å². The zero-order valence-electron chi connectivity index (χ0n) is 14.1. The Morgan fingerprint density at radius 3 is 2.52 bits per heavy atom. The van der Waals surface area contributed by atoms with Crippen LogP contribution in [0.4, 0.5) is 5.69 Å². The van der Waals surface area contributed by atoms with E-state index in [0.717, 1.165) is 23.5 Å². The van der Waals surface area contributed by atoms with Gasteiger partial charge in [-0.3, -0.25) is 4.79 Å². The number of hydrogen-bond donors (Lipinski definition) is 1. The Balaban J connectivity index is 2.00. The van der Waals surface area contributed by atoms with Gasteiger partial charge in [-0.15, -0.1) is 0 Å². The molecule has 0 aliphatic rings. The summed E-state index contributed by atoms with van der Waals surface area (Å²) >= 11 is 1.36. The number of thioether (sulfide) groups is 1. The third kappa shape index (κ3) is 5.06. The van der Waals surface area contributed by atoms with Gasteiger partial charge < -0.3 is 5.32 Å². The summed E-state index contributed by atoms with van der Waals surface area (Å²) in [7, 11) is 0. The Morgan fingerprint density at radius 2 is 1.87 bits per heavy atom. The minimum Gasteiger partial charge on any atom is -0.325 e. The lowest BCUT2D eigenvalue weighted by Crippen LogP contribution is -2.16. The van der Waals surface area contributed by atoms with Crippen LogP contribution >= 0.6 is 11.8 Å². The number of carbonyl (C=O) groups is 1. The fraction of sp³-hybridized carbons (Fsp3) is 0.389. The van der Waals surface area contributed by atoms with Crippen LogP contribution in [0.25, 0.3) is 0 Å². The topological polar surface area (TPSA) is 54.9 Å². The lowest BCUT2D eigenvalue weighted by Gasteiger charge is -2.15. The van der Waals surface area contributed by atoms with Gasteiger partial charge >= 0.3 is 0 Å². The van der Waals surface area contributed by atoms with Crippen molar-refractivity contribution in [2.75, 3.05) is 11.1 Å². The molecule has 23 heavy (non-hydrogen) atoms. The van der Waals surface area contributed by atoms with Gasteiger partial charge in [-0.05, 0) is 43.9 Å². The van der Waals surface area contributed by atoms with E-state index < -0.39 is 0 Å². The molecule has 1 unspecified atom stereocenters. The molecule has 2 rings (SSSR count). The summed E-state index contributed by atoms with van der Waals surface area (Å²) in [5.41, 5.74) is 3.91. The highest BCUT2D eigenvalue weighted by atomic mass is 32.2. The molecule has 1 aromatic heterocycles. The number of aromatic nitrogens is 2. The van der Waals surface area contributed by atoms with E-state index in [1.165, 1.54) is 17.3 Å². The van der Waals surface area contributed by atoms with E-state index in [1.807, 2.05) is 38.1 Å². The van der Waals surface area contributed by atoms with Gasteiger partial charge in [0.1, 0.15) is 0 Å². The second-order valence-electron chi connectivity index (χ2n) is 5.67. The number of amides is 1. The number of anilines is 1. The molecule has 122 valence electrons. The van der Waals surface area contributed by atoms with E-state index in [2.05, 4.69) is 35.2 Å². The molecule has 2 aromatic rings. The third-order valence-corrected chi connectivity index (χ3v) is 4.52. The first kappa shape index (κ1) is 17.5. The second kappa shape index (κ2) is 8.11. The Hall–Kier alpha value is -1.88. The van der Waals surface area contributed by atoms with Gasteiger partial charge in [0.25, 0.3) is 0 Å². The van der Waals surface area contributed by atoms with Crippen LogP contribution in [-0.2, 0) is 4.79 Å². The second-order valence-corrected chi connectivity index (χ2v) is 6.61. The monoisotopic (exact) mass is 329 g/mol. The lowest BCUT2D eigenvalue weighted by atomic mass is 9.97. The first-order chi connectivity index (χ1) is 11.0. The van der Waals surface area contributed by atoms with Crippen LogP contribution in [0.15, 0.2) is 35.5 Å². The maximum absolute atomic E-state index is 12.2. The zero-order valence-corrected chi connectivity index (χ0v) is 14.9. The molecular weight excluding hydrogens is 306 g/mol. The van der Waals surface area contributed by atoms with Crippen LogP contribution in [0, 0.1) is 13.8 Å². The van der Waals surface area contributed by atoms with E-state index in [0.29, 0.717) is 16.8 Å². The van der Waals surface area contributed by atoms with Crippen LogP contribution in [0.1, 0.15) is 43.1 Å². The number of nitrogens with one attached hydrogen (secondary N) is 1. The summed E-state index contributed by atoms with van der Waals surface area (Å²) in [6.07, 6.45) is 1.04. The highest BCUT2D eigenvalue weighted by Crippen LogP contribution is 2.26. The number of rotatable bonds is 6. The summed E-state index contributed by atoms with van der Waals surface area (Å²) in [5, 5.41) is 3.66. The van der Waals surface area contributed by atoms with Crippen LogP contribution in [-0.4, -0.2) is 21.6 Å². The predicted octanol–water partition coefficient (Wildman–Crippen LogP) is 4.34. The molecule has 5 heteroatoms. The van der Waals surface area contributed by atoms with Gasteiger partial charge in [-0.1, -0.05) is 43.8 Å². The van der Waals surface area contributed by atoms with Gasteiger partial charge in [0, 0.05) is 17.1 Å². The molecule has 4 nitrogen and oxygen atoms in total. The van der Waals surface area contributed by atoms with Gasteiger partial charge in [0.2, 0.25) is 5.91 Å². The van der Waals surface area contributed by atoms with Crippen LogP contribution in [0.2, 0.25) is 0 Å². The molecule has 0 bridgehead atoms. The largest absolute Gasteiger partial charge is 0.325 e. The fourth-order valence-corrected chi connectivity index (χ4v) is 3.08. The number of para-hydroxylation sites is 1. The Bertz CT molecular complexity index is 667. The van der Waals surface area contributed by atoms with Crippen molar-refractivity contribution in [2.24, 2.45) is 0 Å². The third-order valence-electron chi connectivity index (χ3n) is 3.67. The molecule has 0 fully saturated rings. The molecular formula is C18H23N3OS. The van der Waals surface area contributed by atoms with Gasteiger partial charge in [0.15, 0.2) is 5.16 Å². The normalized spacial score (nSPS) is 12.0. The van der Waals surface area contributed by atoms with Crippen molar-refractivity contribution in [2.45, 2.75) is 45.2 Å². The quantitative estimate of drug-likeness (QED) is 0.633. The molecule has 0 aliphatic heterocycles. The molecule has 1 atom stereocenters. The van der Waals surface area contributed by atoms with Crippen LogP contribution < -0.4 is 5.32 Å². The summed E-state index contributed by atoms with van der Waals surface area (Å²) in [4.78, 5) is 20.9. The predicted molar refractivity (Wildman–Crippen MR) is 96.0 cm³/mol. The Labute approximate surface area is 142 Å². The van der Waals surface area contributed by atoms with Crippen molar-refractivity contribution in [1.29, 1.82) is 0 Å². The summed E-state index contributed by atoms with van der Waals surface area (Å²) in [6.45, 7) is 8.18. The molecule has 1 N–H and O–H groups in total. The smallest absolute Gasteiger partial charge is 0.234 e. The standard InChI is InChI=1S/C18H23N3OS/c1-5-12(2)15-8-6-7-9-16(15)21-17(22)11-23-18-19-13(3)10-14(4)20-18/h6-10,12H,5,11H2,1-4H3,(H,21,22). The van der Waals surface area contributed by atoms with Crippen molar-refractivity contribution >= 4 is 23.4 Å². The molecule has 0 saturated heterocycles. The molecule has 1 aromatic carbocycles. The fourth-order valence-electron chi connectivity index (χ4n) is 2.33. The van der Waals surface area contributed by atoms with Crippen molar-refractivity contribution < 1.29 is 4.79 Å². The number of carbonyl (C=O) groups excluding carboxylic acids is 1. The summed E-state index contributed by atoms with van der Waals surface area (Å²) < 4.78 is 0. The number of nitrogens with zero attached hydrogens (tertiary/aromatic N) is 2. The van der Waals surface area contributed by atoms with Crippen LogP contribution in [0.5, 0.6) is 0 Å². The van der Waals surface area contributed by atoms with Crippen molar-refractivity contribution in [3.8, 4) is 0 Å². The first-order valence-electron chi connectivity index (χ1n) is 7.83. The average Bonchev–Trinajstić information content (AvgIpc) is 2.52. The average molecular weight is 329 g/mol. The molecule has 1 amide bonds. The van der Waals surface area contributed by atoms with E-state index >= 15 is 0 Å². The minimum atomic E-state index is -0.0338. The summed E-state index contributed by atoms with van der Waals surface area (Å²) in [5.74, 6) is 0.688. The number of benzene rings is 1. The van der Waals surface area contributed by atoms with Gasteiger partial charge in [0.05, 0.1) is 5.75 Å². The molecule has 0 spiro atoms. The molecule has 1 heterocycles. The maximum atomic E-state index is 12.2. The highest BCUT2D eigenvalue weighted by molar-refractivity contribution is 7.99. The molecule has 0 radical (unpaired) electrons. The van der Waals surface area contributed by atoms with Crippen molar-refractivity contribution in [3.63, 3.8) is 0 Å². The molecule has 0 aliphatic carbocycles. The lowest BCUT2D eigenvalue weighted by molar-refractivity contribution is -0.113. The zero-order chi connectivity index (χ0) is 16.8. The van der Waals surface area contributed by atoms with Crippen molar-refractivity contribution in [1.82, 2.24) is 9.97 Å². The Kier molecular flexibility index (Phi) is 6.16. The minimum absolute atomic E-state index is 0.0338. The maximum Gasteiger partial charge on any atom is 0.234 e. The first-order valence-corrected chi connectivity index (χ1v) is 8.82. The van der Waals surface area contributed by atoms with Crippen LogP contribution in [0.3, 0.4) is 0 Å². The number of aryl methyl sites for hydroxylation is 2. The highest BCUT2D eigenvalue weighted by Gasteiger charge is 2.12. The SMILES string of the molecule is CCC(C)c1ccccc1NC(=O)CSc1nc(C)cc(C)n1. The van der Waals surface area contributed by atoms with E-state index in [9.17, 15) is 4.79 Å². The van der Waals surface area contributed by atoms with Gasteiger partial charge in [-0.2, -0.15) is 0 Å². The Morgan fingerprint density at radius 1 is 1.22 bits per heavy atom. The summed E-state index contributed by atoms with van der Waals surface area (Å²) in [6, 6.07) is 9.91. The number of hydrogen-bond acceptors (Lipinski definition) is 4. The van der Waals surface area contributed by atoms with Gasteiger partial charge in [-0.25, -0.2) is 9.97 Å². The molecule has 0 saturated carbocycles.